The summed E-state index contributed by atoms with van der Waals surface area (Å²) in [6, 6.07) is 11.5. The average Bonchev–Trinajstić information content (AvgIpc) is 2.58. The predicted molar refractivity (Wildman–Crippen MR) is 85.3 cm³/mol. The summed E-state index contributed by atoms with van der Waals surface area (Å²) in [5.41, 5.74) is 1.72. The van der Waals surface area contributed by atoms with E-state index in [1.165, 1.54) is 0 Å². The second-order valence-electron chi connectivity index (χ2n) is 5.65. The molecule has 0 saturated carbocycles. The van der Waals surface area contributed by atoms with Crippen molar-refractivity contribution >= 4 is 23.3 Å². The second kappa shape index (κ2) is 6.20. The maximum Gasteiger partial charge on any atom is 0.303 e. The number of benzene rings is 2. The molecule has 1 aliphatic rings. The monoisotopic (exact) mass is 322 g/mol. The highest BCUT2D eigenvalue weighted by Gasteiger charge is 2.31. The summed E-state index contributed by atoms with van der Waals surface area (Å²) in [6.07, 6.45) is -0.404. The highest BCUT2D eigenvalue weighted by Crippen LogP contribution is 2.29. The van der Waals surface area contributed by atoms with Gasteiger partial charge in [-0.05, 0) is 5.56 Å². The van der Waals surface area contributed by atoms with E-state index in [4.69, 9.17) is 5.11 Å². The van der Waals surface area contributed by atoms with E-state index in [9.17, 15) is 19.2 Å². The molecule has 5 nitrogen and oxygen atoms in total. The van der Waals surface area contributed by atoms with Crippen LogP contribution in [0.5, 0.6) is 0 Å². The van der Waals surface area contributed by atoms with Crippen molar-refractivity contribution in [2.75, 3.05) is 0 Å². The number of fused-ring (bicyclic) bond motifs is 2. The predicted octanol–water partition coefficient (Wildman–Crippen LogP) is 2.44. The fourth-order valence-electron chi connectivity index (χ4n) is 2.91. The molecule has 2 aromatic rings. The zero-order valence-corrected chi connectivity index (χ0v) is 12.7. The smallest absolute Gasteiger partial charge is 0.303 e. The zero-order valence-electron chi connectivity index (χ0n) is 12.7. The number of carbonyl (C=O) groups excluding carboxylic acids is 3. The molecule has 0 saturated heterocycles. The van der Waals surface area contributed by atoms with Crippen LogP contribution >= 0.6 is 0 Å². The molecule has 5 heteroatoms. The highest BCUT2D eigenvalue weighted by molar-refractivity contribution is 6.29. The molecule has 0 radical (unpaired) electrons. The molecule has 0 atom stereocenters. The summed E-state index contributed by atoms with van der Waals surface area (Å²) in [7, 11) is 0. The van der Waals surface area contributed by atoms with E-state index in [0.717, 1.165) is 0 Å². The van der Waals surface area contributed by atoms with E-state index >= 15 is 0 Å². The van der Waals surface area contributed by atoms with Crippen LogP contribution in [0.3, 0.4) is 0 Å². The number of carbonyl (C=O) groups is 4. The van der Waals surface area contributed by atoms with Crippen LogP contribution in [0.15, 0.2) is 42.5 Å². The number of hydrogen-bond donors (Lipinski definition) is 1. The van der Waals surface area contributed by atoms with Crippen LogP contribution in [-0.2, 0) is 16.0 Å². The molecule has 0 aliphatic heterocycles. The molecule has 0 aromatic heterocycles. The highest BCUT2D eigenvalue weighted by atomic mass is 16.4. The van der Waals surface area contributed by atoms with E-state index in [0.29, 0.717) is 22.3 Å². The standard InChI is InChI=1S/C19H14O5/c20-12(8-9-16(21)22)10-11-4-3-7-15-17(11)19(24)14-6-2-1-5-13(14)18(15)23/h1-7H,8-10H2,(H,21,22). The third-order valence-electron chi connectivity index (χ3n) is 4.04. The summed E-state index contributed by atoms with van der Waals surface area (Å²) >= 11 is 0. The molecule has 3 rings (SSSR count). The van der Waals surface area contributed by atoms with Crippen molar-refractivity contribution < 1.29 is 24.3 Å². The van der Waals surface area contributed by atoms with Crippen LogP contribution in [0.1, 0.15) is 50.2 Å². The van der Waals surface area contributed by atoms with Gasteiger partial charge in [0.1, 0.15) is 5.78 Å². The number of ketones is 3. The fourth-order valence-corrected chi connectivity index (χ4v) is 2.91. The van der Waals surface area contributed by atoms with Gasteiger partial charge in [0, 0.05) is 35.1 Å². The zero-order chi connectivity index (χ0) is 17.3. The minimum atomic E-state index is -1.04. The molecule has 0 heterocycles. The van der Waals surface area contributed by atoms with Crippen LogP contribution < -0.4 is 0 Å². The Morgan fingerprint density at radius 3 is 2.08 bits per heavy atom. The second-order valence-corrected chi connectivity index (χ2v) is 5.65. The minimum Gasteiger partial charge on any atom is -0.481 e. The molecule has 0 fully saturated rings. The molecule has 120 valence electrons. The first-order valence-corrected chi connectivity index (χ1v) is 7.53. The maximum atomic E-state index is 12.8. The van der Waals surface area contributed by atoms with Crippen molar-refractivity contribution in [2.45, 2.75) is 19.3 Å². The Hall–Kier alpha value is -3.08. The van der Waals surface area contributed by atoms with Gasteiger partial charge in [-0.15, -0.1) is 0 Å². The molecule has 2 aromatic carbocycles. The molecule has 1 N–H and O–H groups in total. The van der Waals surface area contributed by atoms with Crippen molar-refractivity contribution in [3.8, 4) is 0 Å². The molecule has 1 aliphatic carbocycles. The lowest BCUT2D eigenvalue weighted by Gasteiger charge is -2.19. The third kappa shape index (κ3) is 2.76. The van der Waals surface area contributed by atoms with Gasteiger partial charge in [-0.1, -0.05) is 42.5 Å². The molecular weight excluding hydrogens is 308 g/mol. The third-order valence-corrected chi connectivity index (χ3v) is 4.04. The summed E-state index contributed by atoms with van der Waals surface area (Å²) in [6.45, 7) is 0. The maximum absolute atomic E-state index is 12.8. The van der Waals surface area contributed by atoms with Crippen LogP contribution in [0.4, 0.5) is 0 Å². The Bertz CT molecular complexity index is 879. The van der Waals surface area contributed by atoms with Gasteiger partial charge in [0.15, 0.2) is 11.6 Å². The number of carboxylic acid groups (broad SMARTS) is 1. The van der Waals surface area contributed by atoms with Crippen molar-refractivity contribution in [3.05, 3.63) is 70.3 Å². The van der Waals surface area contributed by atoms with Crippen LogP contribution in [0.25, 0.3) is 0 Å². The van der Waals surface area contributed by atoms with Gasteiger partial charge in [0.25, 0.3) is 0 Å². The number of hydrogen-bond acceptors (Lipinski definition) is 4. The summed E-state index contributed by atoms with van der Waals surface area (Å²) < 4.78 is 0. The SMILES string of the molecule is O=C(O)CCC(=O)Cc1cccc2c1C(=O)c1ccccc1C2=O. The fraction of sp³-hybridized carbons (Fsp3) is 0.158. The van der Waals surface area contributed by atoms with Gasteiger partial charge in [-0.25, -0.2) is 0 Å². The first-order valence-electron chi connectivity index (χ1n) is 7.53. The van der Waals surface area contributed by atoms with Crippen molar-refractivity contribution in [3.63, 3.8) is 0 Å². The molecule has 0 spiro atoms. The summed E-state index contributed by atoms with van der Waals surface area (Å²) in [5, 5.41) is 8.66. The first kappa shape index (κ1) is 15.8. The number of aliphatic carboxylic acids is 1. The first-order chi connectivity index (χ1) is 11.5. The van der Waals surface area contributed by atoms with E-state index in [-0.39, 0.29) is 42.2 Å². The van der Waals surface area contributed by atoms with Crippen LogP contribution in [0, 0.1) is 0 Å². The van der Waals surface area contributed by atoms with Crippen molar-refractivity contribution in [2.24, 2.45) is 0 Å². The molecular formula is C19H14O5. The lowest BCUT2D eigenvalue weighted by molar-refractivity contribution is -0.138. The van der Waals surface area contributed by atoms with E-state index in [1.807, 2.05) is 0 Å². The van der Waals surface area contributed by atoms with Crippen LogP contribution in [-0.4, -0.2) is 28.4 Å². The van der Waals surface area contributed by atoms with E-state index in [1.54, 1.807) is 42.5 Å². The van der Waals surface area contributed by atoms with Gasteiger partial charge in [0.2, 0.25) is 0 Å². The topological polar surface area (TPSA) is 88.5 Å². The Morgan fingerprint density at radius 2 is 1.42 bits per heavy atom. The molecule has 0 unspecified atom stereocenters. The van der Waals surface area contributed by atoms with Gasteiger partial charge >= 0.3 is 5.97 Å². The van der Waals surface area contributed by atoms with Gasteiger partial charge in [0.05, 0.1) is 6.42 Å². The summed E-state index contributed by atoms with van der Waals surface area (Å²) in [5.74, 6) is -1.83. The lowest BCUT2D eigenvalue weighted by atomic mass is 9.81. The van der Waals surface area contributed by atoms with E-state index < -0.39 is 5.97 Å². The Labute approximate surface area is 137 Å². The molecule has 0 amide bonds. The van der Waals surface area contributed by atoms with Gasteiger partial charge < -0.3 is 5.11 Å². The van der Waals surface area contributed by atoms with Gasteiger partial charge in [-0.3, -0.25) is 19.2 Å². The van der Waals surface area contributed by atoms with Crippen LogP contribution in [0.2, 0.25) is 0 Å². The minimum absolute atomic E-state index is 0.0579. The van der Waals surface area contributed by atoms with Crippen molar-refractivity contribution in [1.82, 2.24) is 0 Å². The molecule has 24 heavy (non-hydrogen) atoms. The van der Waals surface area contributed by atoms with Gasteiger partial charge in [-0.2, -0.15) is 0 Å². The Morgan fingerprint density at radius 1 is 0.792 bits per heavy atom. The Balaban J connectivity index is 1.98. The number of rotatable bonds is 5. The molecule has 0 bridgehead atoms. The summed E-state index contributed by atoms with van der Waals surface area (Å²) in [4.78, 5) is 47.9. The quantitative estimate of drug-likeness (QED) is 0.779. The Kier molecular flexibility index (Phi) is 4.08. The number of Topliss-reactive ketones (excluding diaryl/α,β-unsaturated/α-hetero) is 1. The number of carboxylic acids is 1. The normalized spacial score (nSPS) is 12.5. The van der Waals surface area contributed by atoms with E-state index in [2.05, 4.69) is 0 Å². The lowest BCUT2D eigenvalue weighted by Crippen LogP contribution is -2.23. The average molecular weight is 322 g/mol. The largest absolute Gasteiger partial charge is 0.481 e. The van der Waals surface area contributed by atoms with Crippen molar-refractivity contribution in [1.29, 1.82) is 0 Å².